The summed E-state index contributed by atoms with van der Waals surface area (Å²) >= 11 is 0. The topological polar surface area (TPSA) is 152 Å². The molecule has 2 saturated carbocycles. The van der Waals surface area contributed by atoms with Crippen LogP contribution in [-0.4, -0.2) is 126 Å². The molecular weight excluding hydrogens is 864 g/mol. The Kier molecular flexibility index (Phi) is 11.1. The van der Waals surface area contributed by atoms with Crippen LogP contribution in [0, 0.1) is 72.5 Å². The molecule has 12 atom stereocenters. The first-order valence-electron chi connectivity index (χ1n) is 17.7. The third-order valence-electron chi connectivity index (χ3n) is 13.2. The first-order chi connectivity index (χ1) is 23.2. The van der Waals surface area contributed by atoms with E-state index in [0.717, 1.165) is 36.9 Å². The van der Waals surface area contributed by atoms with Gasteiger partial charge in [-0.15, -0.1) is 0 Å². The zero-order valence-electron chi connectivity index (χ0n) is 29.9. The molecule has 14 heteroatoms. The molecule has 275 valence electrons. The number of esters is 1. The number of aliphatic hydroxyl groups is 3. The molecule has 3 saturated heterocycles. The maximum Gasteiger partial charge on any atom is 0.337 e. The van der Waals surface area contributed by atoms with Gasteiger partial charge >= 0.3 is 5.97 Å². The van der Waals surface area contributed by atoms with Crippen molar-refractivity contribution >= 4 is 5.97 Å². The van der Waals surface area contributed by atoms with Gasteiger partial charge in [-0.3, -0.25) is 9.88 Å². The normalized spacial score (nSPS) is 42.0. The fraction of sp³-hybridized carbons (Fsp3) is 0.778. The Morgan fingerprint density at radius 3 is 2.54 bits per heavy atom. The van der Waals surface area contributed by atoms with Crippen molar-refractivity contribution in [3.63, 3.8) is 0 Å². The molecule has 50 heavy (non-hydrogen) atoms. The van der Waals surface area contributed by atoms with Crippen molar-refractivity contribution in [2.75, 3.05) is 46.5 Å². The number of carbonyl (C=O) groups is 1. The van der Waals surface area contributed by atoms with Gasteiger partial charge in [-0.1, -0.05) is 27.7 Å². The number of hydrogen-bond donors (Lipinski definition) is 4. The van der Waals surface area contributed by atoms with Gasteiger partial charge < -0.3 is 44.3 Å². The summed E-state index contributed by atoms with van der Waals surface area (Å²) < 4.78 is 45.0. The summed E-state index contributed by atoms with van der Waals surface area (Å²) in [7, 11) is 1.57. The van der Waals surface area contributed by atoms with Crippen LogP contribution in [0.15, 0.2) is 29.5 Å². The molecule has 5 fully saturated rings. The Labute approximate surface area is 329 Å². The summed E-state index contributed by atoms with van der Waals surface area (Å²) in [4.78, 5) is 20.0. The number of nitrogens with zero attached hydrogens (tertiary/aromatic N) is 2. The Hall–Kier alpha value is -0.628. The van der Waals surface area contributed by atoms with E-state index in [1.807, 2.05) is 27.7 Å². The number of ether oxygens (including phenoxy) is 5. The van der Waals surface area contributed by atoms with E-state index in [1.165, 1.54) is 12.1 Å². The van der Waals surface area contributed by atoms with Crippen molar-refractivity contribution in [1.29, 1.82) is 0 Å². The molecule has 4 heterocycles. The molecule has 12 nitrogen and oxygen atoms in total. The predicted molar refractivity (Wildman–Crippen MR) is 173 cm³/mol. The minimum atomic E-state index is -1.67. The van der Waals surface area contributed by atoms with Gasteiger partial charge in [0.2, 0.25) is 0 Å². The van der Waals surface area contributed by atoms with Gasteiger partial charge in [-0.2, -0.15) is 0 Å². The monoisotopic (exact) mass is 916 g/mol. The third kappa shape index (κ3) is 6.09. The van der Waals surface area contributed by atoms with Gasteiger partial charge in [0.1, 0.15) is 23.6 Å². The van der Waals surface area contributed by atoms with Crippen LogP contribution in [0.2, 0.25) is 0 Å². The number of hydrogen-bond acceptors (Lipinski definition) is 12. The number of morpholine rings is 1. The van der Waals surface area contributed by atoms with Crippen molar-refractivity contribution in [1.82, 2.24) is 15.2 Å². The standard InChI is InChI=1S/C36H52FN3O9.Ac/c1-19-23(47-32(42)28(41)27(38-6)22-8-7-21(37)16-39-22)15-36(44)20(2)30-34(5,10-9-24-35(30,43)18-46-24)31-29(26(19)33(36,3)4)48-25(49-31)17-40-11-13-45-14-12-40;/h7-8,16,20,23-25,27-31,38,41,43-44H,9-15,17-18H2,1-6H3;/t20-,23-,24+,25+,27-,28+,29+,30-,31+,34+,35-,36+;/m0./s1. The number of carbonyl (C=O) groups excluding carboxylic acids is 1. The Balaban J connectivity index is 0.00000432. The van der Waals surface area contributed by atoms with Crippen molar-refractivity contribution < 1.29 is 92.3 Å². The van der Waals surface area contributed by atoms with Crippen LogP contribution in [0.5, 0.6) is 0 Å². The summed E-state index contributed by atoms with van der Waals surface area (Å²) in [5.41, 5.74) is -2.25. The number of pyridine rings is 1. The van der Waals surface area contributed by atoms with E-state index in [-0.39, 0.29) is 68.9 Å². The van der Waals surface area contributed by atoms with Crippen molar-refractivity contribution in [3.8, 4) is 0 Å². The Bertz CT molecular complexity index is 1460. The summed E-state index contributed by atoms with van der Waals surface area (Å²) in [6.45, 7) is 13.6. The van der Waals surface area contributed by atoms with E-state index in [9.17, 15) is 24.5 Å². The molecule has 1 radical (unpaired) electrons. The summed E-state index contributed by atoms with van der Waals surface area (Å²) in [5.74, 6) is -2.34. The molecule has 2 bridgehead atoms. The number of fused-ring (bicyclic) bond motifs is 8. The minimum Gasteiger partial charge on any atom is -0.456 e. The average Bonchev–Trinajstić information content (AvgIpc) is 3.47. The van der Waals surface area contributed by atoms with E-state index < -0.39 is 82.4 Å². The van der Waals surface area contributed by atoms with Gasteiger partial charge in [-0.05, 0) is 56.0 Å². The number of aromatic nitrogens is 1. The smallest absolute Gasteiger partial charge is 0.337 e. The summed E-state index contributed by atoms with van der Waals surface area (Å²) in [6, 6.07) is 1.66. The largest absolute Gasteiger partial charge is 0.456 e. The molecule has 0 aromatic carbocycles. The first kappa shape index (κ1) is 39.1. The number of likely N-dealkylation sites (N-methyl/N-ethyl adjacent to an activating group) is 1. The fourth-order valence-electron chi connectivity index (χ4n) is 10.5. The van der Waals surface area contributed by atoms with Crippen molar-refractivity contribution in [3.05, 3.63) is 41.0 Å². The van der Waals surface area contributed by atoms with Gasteiger partial charge in [0.05, 0.1) is 55.6 Å². The van der Waals surface area contributed by atoms with Crippen LogP contribution in [0.25, 0.3) is 0 Å². The third-order valence-corrected chi connectivity index (χ3v) is 13.2. The van der Waals surface area contributed by atoms with Crippen LogP contribution >= 0.6 is 0 Å². The van der Waals surface area contributed by atoms with E-state index in [4.69, 9.17) is 23.7 Å². The van der Waals surface area contributed by atoms with Gasteiger partial charge in [-0.25, -0.2) is 9.18 Å². The molecule has 4 N–H and O–H groups in total. The SMILES string of the molecule is CN[C@@H](c1ccc(F)cn1)[C@@H](O)C(=O)O[C@H]1C[C@@]2(O)[C@@H](C)[C@H]3[C@@](C)(CC[C@H]4OC[C@]43O)[C@@H]3O[C@H](CN4CCOCC4)O[C@@H]3C(=C1C)C2(C)C.[Ac]. The Morgan fingerprint density at radius 2 is 1.92 bits per heavy atom. The number of rotatable bonds is 7. The molecule has 0 spiro atoms. The van der Waals surface area contributed by atoms with Crippen LogP contribution < -0.4 is 5.32 Å². The second-order valence-corrected chi connectivity index (χ2v) is 15.9. The maximum absolute atomic E-state index is 13.7. The van der Waals surface area contributed by atoms with Crippen molar-refractivity contribution in [2.24, 2.45) is 22.7 Å². The molecule has 6 aliphatic rings. The van der Waals surface area contributed by atoms with Gasteiger partial charge in [0, 0.05) is 86.9 Å². The molecule has 0 amide bonds. The van der Waals surface area contributed by atoms with Crippen LogP contribution in [0.4, 0.5) is 4.39 Å². The average molecular weight is 917 g/mol. The fourth-order valence-corrected chi connectivity index (χ4v) is 10.5. The van der Waals surface area contributed by atoms with Gasteiger partial charge in [0.25, 0.3) is 0 Å². The van der Waals surface area contributed by atoms with E-state index in [1.54, 1.807) is 7.05 Å². The van der Waals surface area contributed by atoms with Crippen LogP contribution in [-0.2, 0) is 28.5 Å². The first-order valence-corrected chi connectivity index (χ1v) is 17.7. The van der Waals surface area contributed by atoms with E-state index in [0.29, 0.717) is 26.2 Å². The number of aliphatic hydroxyl groups excluding tert-OH is 1. The maximum atomic E-state index is 13.7. The molecule has 3 aliphatic heterocycles. The van der Waals surface area contributed by atoms with E-state index in [2.05, 4.69) is 22.1 Å². The second-order valence-electron chi connectivity index (χ2n) is 15.9. The molecular formula is C36H52AcFN3O9. The van der Waals surface area contributed by atoms with Crippen LogP contribution in [0.1, 0.15) is 65.6 Å². The van der Waals surface area contributed by atoms with Gasteiger partial charge in [0.15, 0.2) is 12.4 Å². The number of nitrogens with one attached hydrogen (secondary N) is 1. The molecule has 1 aromatic rings. The van der Waals surface area contributed by atoms with Crippen LogP contribution in [0.3, 0.4) is 0 Å². The molecule has 1 aromatic heterocycles. The summed E-state index contributed by atoms with van der Waals surface area (Å²) in [5, 5.41) is 39.6. The zero-order chi connectivity index (χ0) is 35.1. The quantitative estimate of drug-likeness (QED) is 0.234. The molecule has 3 aliphatic carbocycles. The zero-order valence-corrected chi connectivity index (χ0v) is 34.7. The second kappa shape index (κ2) is 14.2. The summed E-state index contributed by atoms with van der Waals surface area (Å²) in [6.07, 6.45) is -2.05. The van der Waals surface area contributed by atoms with E-state index >= 15 is 0 Å². The number of halogens is 1. The molecule has 7 rings (SSSR count). The Morgan fingerprint density at radius 1 is 1.20 bits per heavy atom. The molecule has 0 unspecified atom stereocenters. The predicted octanol–water partition coefficient (Wildman–Crippen LogP) is 1.87. The van der Waals surface area contributed by atoms with Crippen molar-refractivity contribution in [2.45, 2.75) is 108 Å². The minimum absolute atomic E-state index is 0.